The van der Waals surface area contributed by atoms with Crippen molar-refractivity contribution < 1.29 is 4.74 Å². The molecule has 1 heterocycles. The average molecular weight is 264 g/mol. The number of aromatic nitrogens is 1. The largest absolute Gasteiger partial charge is 0.438 e. The van der Waals surface area contributed by atoms with E-state index >= 15 is 0 Å². The number of rotatable bonds is 4. The van der Waals surface area contributed by atoms with Crippen molar-refractivity contribution in [2.45, 2.75) is 6.54 Å². The normalized spacial score (nSPS) is 10.7. The van der Waals surface area contributed by atoms with E-state index in [0.717, 1.165) is 28.6 Å². The van der Waals surface area contributed by atoms with E-state index in [1.807, 2.05) is 49.5 Å². The first-order valence-electron chi connectivity index (χ1n) is 6.62. The zero-order chi connectivity index (χ0) is 13.8. The maximum Gasteiger partial charge on any atom is 0.227 e. The van der Waals surface area contributed by atoms with Crippen LogP contribution < -0.4 is 10.1 Å². The minimum absolute atomic E-state index is 0.645. The van der Waals surface area contributed by atoms with Crippen LogP contribution in [0.25, 0.3) is 10.8 Å². The van der Waals surface area contributed by atoms with Gasteiger partial charge >= 0.3 is 0 Å². The number of benzene rings is 2. The van der Waals surface area contributed by atoms with Crippen molar-refractivity contribution in [3.63, 3.8) is 0 Å². The molecule has 0 aliphatic rings. The summed E-state index contributed by atoms with van der Waals surface area (Å²) in [4.78, 5) is 4.36. The summed E-state index contributed by atoms with van der Waals surface area (Å²) in [7, 11) is 1.92. The summed E-state index contributed by atoms with van der Waals surface area (Å²) in [6.45, 7) is 0.765. The molecule has 0 saturated carbocycles. The molecule has 3 rings (SSSR count). The van der Waals surface area contributed by atoms with E-state index < -0.39 is 0 Å². The molecule has 0 amide bonds. The van der Waals surface area contributed by atoms with Gasteiger partial charge in [-0.25, -0.2) is 4.98 Å². The highest BCUT2D eigenvalue weighted by molar-refractivity contribution is 5.86. The summed E-state index contributed by atoms with van der Waals surface area (Å²) in [5.74, 6) is 1.48. The number of para-hydroxylation sites is 1. The lowest BCUT2D eigenvalue weighted by Crippen LogP contribution is -2.06. The molecule has 0 aliphatic heterocycles. The summed E-state index contributed by atoms with van der Waals surface area (Å²) in [6, 6.07) is 18.1. The van der Waals surface area contributed by atoms with Crippen LogP contribution in [0.5, 0.6) is 11.6 Å². The van der Waals surface area contributed by atoms with Gasteiger partial charge in [-0.2, -0.15) is 0 Å². The van der Waals surface area contributed by atoms with Gasteiger partial charge in [-0.05, 0) is 30.6 Å². The second-order valence-corrected chi connectivity index (χ2v) is 4.58. The van der Waals surface area contributed by atoms with Crippen molar-refractivity contribution in [2.24, 2.45) is 0 Å². The lowest BCUT2D eigenvalue weighted by atomic mass is 10.1. The Hall–Kier alpha value is -2.39. The van der Waals surface area contributed by atoms with Crippen LogP contribution in [-0.2, 0) is 6.54 Å². The molecule has 2 aromatic carbocycles. The van der Waals surface area contributed by atoms with Gasteiger partial charge in [0.05, 0.1) is 0 Å². The molecule has 0 saturated heterocycles. The molecule has 0 unspecified atom stereocenters. The third-order valence-corrected chi connectivity index (χ3v) is 3.18. The van der Waals surface area contributed by atoms with E-state index in [-0.39, 0.29) is 0 Å². The molecule has 3 heteroatoms. The van der Waals surface area contributed by atoms with Crippen LogP contribution in [0.15, 0.2) is 60.8 Å². The number of fused-ring (bicyclic) bond motifs is 1. The van der Waals surface area contributed by atoms with Crippen molar-refractivity contribution >= 4 is 10.8 Å². The molecule has 3 aromatic rings. The maximum absolute atomic E-state index is 6.02. The van der Waals surface area contributed by atoms with Crippen molar-refractivity contribution in [1.29, 1.82) is 0 Å². The molecule has 0 fully saturated rings. The van der Waals surface area contributed by atoms with Gasteiger partial charge in [0.25, 0.3) is 0 Å². The predicted molar refractivity (Wildman–Crippen MR) is 81.0 cm³/mol. The minimum Gasteiger partial charge on any atom is -0.438 e. The van der Waals surface area contributed by atoms with Crippen LogP contribution in [0.1, 0.15) is 5.56 Å². The van der Waals surface area contributed by atoms with E-state index in [2.05, 4.69) is 22.4 Å². The predicted octanol–water partition coefficient (Wildman–Crippen LogP) is 3.75. The molecular weight excluding hydrogens is 248 g/mol. The molecule has 3 nitrogen and oxygen atoms in total. The number of pyridine rings is 1. The van der Waals surface area contributed by atoms with Gasteiger partial charge in [-0.3, -0.25) is 0 Å². The molecule has 0 spiro atoms. The Balaban J connectivity index is 2.01. The van der Waals surface area contributed by atoms with Crippen LogP contribution in [0.4, 0.5) is 0 Å². The quantitative estimate of drug-likeness (QED) is 0.779. The van der Waals surface area contributed by atoms with E-state index in [1.54, 1.807) is 6.20 Å². The highest BCUT2D eigenvalue weighted by atomic mass is 16.5. The number of hydrogen-bond donors (Lipinski definition) is 1. The Morgan fingerprint density at radius 2 is 1.80 bits per heavy atom. The monoisotopic (exact) mass is 264 g/mol. The first-order chi connectivity index (χ1) is 9.88. The van der Waals surface area contributed by atoms with Gasteiger partial charge in [0.2, 0.25) is 5.88 Å². The summed E-state index contributed by atoms with van der Waals surface area (Å²) < 4.78 is 6.02. The van der Waals surface area contributed by atoms with Gasteiger partial charge in [-0.1, -0.05) is 36.4 Å². The molecule has 100 valence electrons. The fourth-order valence-corrected chi connectivity index (χ4v) is 2.22. The second kappa shape index (κ2) is 5.72. The van der Waals surface area contributed by atoms with Crippen molar-refractivity contribution in [3.8, 4) is 11.6 Å². The lowest BCUT2D eigenvalue weighted by Gasteiger charge is -2.11. The first-order valence-corrected chi connectivity index (χ1v) is 6.62. The van der Waals surface area contributed by atoms with Crippen LogP contribution in [0.2, 0.25) is 0 Å². The average Bonchev–Trinajstić information content (AvgIpc) is 2.50. The first kappa shape index (κ1) is 12.6. The summed E-state index contributed by atoms with van der Waals surface area (Å²) >= 11 is 0. The Bertz CT molecular complexity index is 720. The van der Waals surface area contributed by atoms with Crippen LogP contribution in [0, 0.1) is 0 Å². The smallest absolute Gasteiger partial charge is 0.227 e. The molecule has 20 heavy (non-hydrogen) atoms. The Labute approximate surface area is 118 Å². The lowest BCUT2D eigenvalue weighted by molar-refractivity contribution is 0.461. The zero-order valence-corrected chi connectivity index (χ0v) is 11.3. The number of nitrogens with zero attached hydrogens (tertiary/aromatic N) is 1. The molecule has 1 aromatic heterocycles. The maximum atomic E-state index is 6.02. The van der Waals surface area contributed by atoms with Gasteiger partial charge in [0.1, 0.15) is 5.75 Å². The van der Waals surface area contributed by atoms with E-state index in [1.165, 1.54) is 0 Å². The molecule has 0 radical (unpaired) electrons. The molecule has 0 atom stereocenters. The van der Waals surface area contributed by atoms with Crippen LogP contribution in [-0.4, -0.2) is 12.0 Å². The number of ether oxygens (including phenoxy) is 1. The van der Waals surface area contributed by atoms with E-state index in [4.69, 9.17) is 4.74 Å². The number of hydrogen-bond acceptors (Lipinski definition) is 3. The molecule has 1 N–H and O–H groups in total. The van der Waals surface area contributed by atoms with Crippen LogP contribution >= 0.6 is 0 Å². The van der Waals surface area contributed by atoms with Gasteiger partial charge in [0, 0.05) is 23.7 Å². The van der Waals surface area contributed by atoms with E-state index in [9.17, 15) is 0 Å². The molecule has 0 aliphatic carbocycles. The van der Waals surface area contributed by atoms with Crippen molar-refractivity contribution in [1.82, 2.24) is 10.3 Å². The summed E-state index contributed by atoms with van der Waals surface area (Å²) in [5, 5.41) is 5.30. The van der Waals surface area contributed by atoms with E-state index in [0.29, 0.717) is 5.88 Å². The highest BCUT2D eigenvalue weighted by Gasteiger charge is 2.07. The fraction of sp³-hybridized carbons (Fsp3) is 0.118. The van der Waals surface area contributed by atoms with Gasteiger partial charge in [0.15, 0.2) is 0 Å². The van der Waals surface area contributed by atoms with Gasteiger partial charge in [-0.15, -0.1) is 0 Å². The highest BCUT2D eigenvalue weighted by Crippen LogP contribution is 2.29. The SMILES string of the molecule is CNCc1ccccc1Oc1nccc2ccccc12. The Kier molecular flexibility index (Phi) is 3.61. The molecular formula is C17H16N2O. The Morgan fingerprint density at radius 1 is 1.00 bits per heavy atom. The van der Waals surface area contributed by atoms with Crippen molar-refractivity contribution in [2.75, 3.05) is 7.05 Å². The minimum atomic E-state index is 0.645. The Morgan fingerprint density at radius 3 is 2.70 bits per heavy atom. The zero-order valence-electron chi connectivity index (χ0n) is 11.3. The summed E-state index contributed by atoms with van der Waals surface area (Å²) in [6.07, 6.45) is 1.78. The number of nitrogens with one attached hydrogen (secondary N) is 1. The third kappa shape index (κ3) is 2.49. The van der Waals surface area contributed by atoms with Gasteiger partial charge < -0.3 is 10.1 Å². The fourth-order valence-electron chi connectivity index (χ4n) is 2.22. The standard InChI is InChI=1S/C17H16N2O/c1-18-12-14-7-3-5-9-16(14)20-17-15-8-4-2-6-13(15)10-11-19-17/h2-11,18H,12H2,1H3. The van der Waals surface area contributed by atoms with Crippen molar-refractivity contribution in [3.05, 3.63) is 66.4 Å². The van der Waals surface area contributed by atoms with Crippen LogP contribution in [0.3, 0.4) is 0 Å². The second-order valence-electron chi connectivity index (χ2n) is 4.58. The third-order valence-electron chi connectivity index (χ3n) is 3.18. The summed E-state index contributed by atoms with van der Waals surface area (Å²) in [5.41, 5.74) is 1.12. The molecule has 0 bridgehead atoms. The topological polar surface area (TPSA) is 34.1 Å².